The van der Waals surface area contributed by atoms with Crippen molar-refractivity contribution < 1.29 is 4.79 Å². The molecule has 4 heteroatoms. The Kier molecular flexibility index (Phi) is 2.53. The Labute approximate surface area is 114 Å². The maximum Gasteiger partial charge on any atom is 0.167 e. The highest BCUT2D eigenvalue weighted by Gasteiger charge is 2.23. The molecule has 1 heterocycles. The predicted octanol–water partition coefficient (Wildman–Crippen LogP) is 4.68. The lowest BCUT2D eigenvalue weighted by Gasteiger charge is -2.17. The first-order chi connectivity index (χ1) is 7.65. The van der Waals surface area contributed by atoms with Crippen molar-refractivity contribution in [1.29, 1.82) is 0 Å². The third kappa shape index (κ3) is 1.60. The lowest BCUT2D eigenvalue weighted by atomic mass is 9.85. The summed E-state index contributed by atoms with van der Waals surface area (Å²) in [5.41, 5.74) is 4.28. The molecule has 1 nitrogen and oxygen atoms in total. The van der Waals surface area contributed by atoms with Gasteiger partial charge >= 0.3 is 0 Å². The number of ketones is 1. The van der Waals surface area contributed by atoms with E-state index < -0.39 is 0 Å². The number of hydrogen-bond acceptors (Lipinski definition) is 2. The number of carbonyl (C=O) groups is 1. The van der Waals surface area contributed by atoms with Gasteiger partial charge in [0, 0.05) is 17.5 Å². The molecule has 3 rings (SSSR count). The van der Waals surface area contributed by atoms with Crippen molar-refractivity contribution in [3.05, 3.63) is 43.0 Å². The van der Waals surface area contributed by atoms with E-state index >= 15 is 0 Å². The highest BCUT2D eigenvalue weighted by atomic mass is 79.9. The molecule has 0 bridgehead atoms. The molecule has 0 radical (unpaired) electrons. The number of carbonyl (C=O) groups excluding carboxylic acids is 1. The van der Waals surface area contributed by atoms with E-state index in [1.54, 1.807) is 11.3 Å². The van der Waals surface area contributed by atoms with Crippen LogP contribution in [0.3, 0.4) is 0 Å². The van der Waals surface area contributed by atoms with Crippen LogP contribution in [0.5, 0.6) is 0 Å². The van der Waals surface area contributed by atoms with E-state index in [-0.39, 0.29) is 5.78 Å². The molecular formula is C12H6Br2OS. The van der Waals surface area contributed by atoms with Crippen molar-refractivity contribution in [2.75, 3.05) is 0 Å². The largest absolute Gasteiger partial charge is 0.294 e. The first-order valence-corrected chi connectivity index (χ1v) is 7.17. The van der Waals surface area contributed by atoms with Gasteiger partial charge in [0.1, 0.15) is 0 Å². The summed E-state index contributed by atoms with van der Waals surface area (Å²) < 4.78 is 2.18. The highest BCUT2D eigenvalue weighted by Crippen LogP contribution is 2.39. The van der Waals surface area contributed by atoms with E-state index in [1.165, 1.54) is 5.56 Å². The molecule has 2 aromatic rings. The molecule has 0 aliphatic heterocycles. The van der Waals surface area contributed by atoms with Crippen LogP contribution in [0.25, 0.3) is 11.1 Å². The number of rotatable bonds is 1. The van der Waals surface area contributed by atoms with Crippen LogP contribution in [0.2, 0.25) is 0 Å². The topological polar surface area (TPSA) is 17.1 Å². The molecule has 1 aliphatic rings. The predicted molar refractivity (Wildman–Crippen MR) is 73.2 cm³/mol. The van der Waals surface area contributed by atoms with Gasteiger partial charge in [0.15, 0.2) is 5.78 Å². The summed E-state index contributed by atoms with van der Waals surface area (Å²) in [6.07, 6.45) is 0.601. The van der Waals surface area contributed by atoms with Crippen molar-refractivity contribution in [1.82, 2.24) is 0 Å². The molecule has 16 heavy (non-hydrogen) atoms. The Morgan fingerprint density at radius 2 is 1.94 bits per heavy atom. The Hall–Kier alpha value is -0.450. The number of fused-ring (bicyclic) bond motifs is 1. The van der Waals surface area contributed by atoms with Crippen LogP contribution in [-0.4, -0.2) is 5.78 Å². The van der Waals surface area contributed by atoms with Gasteiger partial charge in [-0.3, -0.25) is 4.79 Å². The minimum atomic E-state index is 0.252. The molecule has 0 spiro atoms. The zero-order valence-electron chi connectivity index (χ0n) is 8.09. The number of Topliss-reactive ketones (excluding diaryl/α,β-unsaturated/α-hetero) is 1. The SMILES string of the molecule is O=C1Cc2ccc(-c3cc(Br)sc3Br)cc21. The molecule has 0 fully saturated rings. The zero-order valence-corrected chi connectivity index (χ0v) is 12.1. The van der Waals surface area contributed by atoms with E-state index in [0.717, 1.165) is 24.3 Å². The monoisotopic (exact) mass is 356 g/mol. The molecule has 1 aliphatic carbocycles. The van der Waals surface area contributed by atoms with E-state index in [0.29, 0.717) is 6.42 Å². The van der Waals surface area contributed by atoms with Gasteiger partial charge in [0.05, 0.1) is 7.57 Å². The van der Waals surface area contributed by atoms with Gasteiger partial charge in [-0.05, 0) is 55.1 Å². The van der Waals surface area contributed by atoms with Crippen molar-refractivity contribution in [2.45, 2.75) is 6.42 Å². The number of halogens is 2. The second kappa shape index (κ2) is 3.79. The Bertz CT molecular complexity index is 601. The van der Waals surface area contributed by atoms with Gasteiger partial charge in [-0.1, -0.05) is 12.1 Å². The first kappa shape index (κ1) is 10.7. The van der Waals surface area contributed by atoms with Crippen LogP contribution < -0.4 is 0 Å². The maximum atomic E-state index is 11.4. The Morgan fingerprint density at radius 3 is 2.56 bits per heavy atom. The van der Waals surface area contributed by atoms with E-state index in [1.807, 2.05) is 12.1 Å². The molecule has 0 amide bonds. The maximum absolute atomic E-state index is 11.4. The van der Waals surface area contributed by atoms with Crippen LogP contribution in [-0.2, 0) is 6.42 Å². The van der Waals surface area contributed by atoms with Crippen molar-refractivity contribution in [3.8, 4) is 11.1 Å². The number of benzene rings is 1. The fraction of sp³-hybridized carbons (Fsp3) is 0.0833. The van der Waals surface area contributed by atoms with Crippen molar-refractivity contribution >= 4 is 49.0 Å². The normalized spacial score (nSPS) is 13.5. The number of thiophene rings is 1. The standard InChI is InChI=1S/C12H6Br2OS/c13-11-5-9(12(14)16-11)6-1-2-7-4-10(15)8(7)3-6/h1-3,5H,4H2. The summed E-state index contributed by atoms with van der Waals surface area (Å²) in [5.74, 6) is 0.252. The highest BCUT2D eigenvalue weighted by molar-refractivity contribution is 9.12. The fourth-order valence-corrected chi connectivity index (χ4v) is 4.72. The van der Waals surface area contributed by atoms with Crippen molar-refractivity contribution in [2.24, 2.45) is 0 Å². The van der Waals surface area contributed by atoms with E-state index in [4.69, 9.17) is 0 Å². The van der Waals surface area contributed by atoms with Crippen molar-refractivity contribution in [3.63, 3.8) is 0 Å². The quantitative estimate of drug-likeness (QED) is 0.724. The second-order valence-electron chi connectivity index (χ2n) is 3.71. The van der Waals surface area contributed by atoms with Crippen LogP contribution in [0, 0.1) is 0 Å². The molecule has 0 saturated carbocycles. The molecule has 1 aromatic heterocycles. The van der Waals surface area contributed by atoms with Gasteiger partial charge < -0.3 is 0 Å². The van der Waals surface area contributed by atoms with E-state index in [2.05, 4.69) is 44.0 Å². The van der Waals surface area contributed by atoms with Gasteiger partial charge in [0.25, 0.3) is 0 Å². The lowest BCUT2D eigenvalue weighted by Crippen LogP contribution is -2.18. The average molecular weight is 358 g/mol. The minimum absolute atomic E-state index is 0.252. The summed E-state index contributed by atoms with van der Waals surface area (Å²) in [6, 6.07) is 8.18. The average Bonchev–Trinajstić information content (AvgIpc) is 2.57. The lowest BCUT2D eigenvalue weighted by molar-refractivity contribution is 0.0968. The zero-order chi connectivity index (χ0) is 11.3. The molecule has 80 valence electrons. The summed E-state index contributed by atoms with van der Waals surface area (Å²) in [7, 11) is 0. The number of hydrogen-bond donors (Lipinski definition) is 0. The summed E-state index contributed by atoms with van der Waals surface area (Å²) >= 11 is 8.64. The molecule has 0 N–H and O–H groups in total. The van der Waals surface area contributed by atoms with Gasteiger partial charge in [0.2, 0.25) is 0 Å². The summed E-state index contributed by atoms with van der Waals surface area (Å²) in [4.78, 5) is 11.4. The van der Waals surface area contributed by atoms with Crippen LogP contribution in [0.1, 0.15) is 15.9 Å². The third-order valence-corrected chi connectivity index (χ3v) is 5.07. The molecular weight excluding hydrogens is 352 g/mol. The van der Waals surface area contributed by atoms with Gasteiger partial charge in [-0.25, -0.2) is 0 Å². The minimum Gasteiger partial charge on any atom is -0.294 e. The Morgan fingerprint density at radius 1 is 1.12 bits per heavy atom. The van der Waals surface area contributed by atoms with Crippen LogP contribution in [0.4, 0.5) is 0 Å². The molecule has 0 unspecified atom stereocenters. The van der Waals surface area contributed by atoms with Gasteiger partial charge in [-0.2, -0.15) is 0 Å². The third-order valence-electron chi connectivity index (χ3n) is 2.73. The van der Waals surface area contributed by atoms with Gasteiger partial charge in [-0.15, -0.1) is 11.3 Å². The fourth-order valence-electron chi connectivity index (χ4n) is 1.86. The Balaban J connectivity index is 2.14. The molecule has 0 atom stereocenters. The summed E-state index contributed by atoms with van der Waals surface area (Å²) in [5, 5.41) is 0. The van der Waals surface area contributed by atoms with Crippen LogP contribution >= 0.6 is 43.2 Å². The molecule has 1 aromatic carbocycles. The molecule has 0 saturated heterocycles. The second-order valence-corrected chi connectivity index (χ2v) is 7.46. The van der Waals surface area contributed by atoms with E-state index in [9.17, 15) is 4.79 Å². The van der Waals surface area contributed by atoms with Crippen LogP contribution in [0.15, 0.2) is 31.8 Å². The smallest absolute Gasteiger partial charge is 0.167 e. The summed E-state index contributed by atoms with van der Waals surface area (Å²) in [6.45, 7) is 0. The first-order valence-electron chi connectivity index (χ1n) is 4.76.